The Morgan fingerprint density at radius 3 is 2.57 bits per heavy atom. The summed E-state index contributed by atoms with van der Waals surface area (Å²) in [6.07, 6.45) is 0.493. The van der Waals surface area contributed by atoms with Gasteiger partial charge in [0.25, 0.3) is 0 Å². The van der Waals surface area contributed by atoms with Crippen LogP contribution in [0, 0.1) is 5.82 Å². The Balaban J connectivity index is 1.97. The summed E-state index contributed by atoms with van der Waals surface area (Å²) in [6.45, 7) is 0. The fourth-order valence-corrected chi connectivity index (χ4v) is 3.28. The van der Waals surface area contributed by atoms with Crippen molar-refractivity contribution in [3.05, 3.63) is 63.9 Å². The third-order valence-electron chi connectivity index (χ3n) is 2.96. The largest absolute Gasteiger partial charge is 0.271 e. The summed E-state index contributed by atoms with van der Waals surface area (Å²) >= 11 is 13.3. The fourth-order valence-electron chi connectivity index (χ4n) is 1.87. The van der Waals surface area contributed by atoms with Gasteiger partial charge in [-0.25, -0.2) is 4.39 Å². The zero-order chi connectivity index (χ0) is 15.2. The number of rotatable bonds is 6. The van der Waals surface area contributed by atoms with Gasteiger partial charge in [-0.3, -0.25) is 11.3 Å². The molecular formula is C15H15Cl2FN2S. The molecule has 21 heavy (non-hydrogen) atoms. The molecule has 0 aromatic heterocycles. The van der Waals surface area contributed by atoms with Crippen LogP contribution in [0.2, 0.25) is 10.0 Å². The number of hydrogen-bond donors (Lipinski definition) is 2. The molecule has 0 aliphatic carbocycles. The minimum absolute atomic E-state index is 0.0512. The lowest BCUT2D eigenvalue weighted by molar-refractivity contribution is 0.546. The van der Waals surface area contributed by atoms with Crippen molar-refractivity contribution in [2.75, 3.05) is 5.75 Å². The highest BCUT2D eigenvalue weighted by molar-refractivity contribution is 7.99. The lowest BCUT2D eigenvalue weighted by Crippen LogP contribution is -2.38. The molecule has 0 saturated heterocycles. The summed E-state index contributed by atoms with van der Waals surface area (Å²) in [5.41, 5.74) is 3.32. The number of benzene rings is 2. The van der Waals surface area contributed by atoms with Crippen molar-refractivity contribution in [3.8, 4) is 0 Å². The number of thioether (sulfide) groups is 1. The van der Waals surface area contributed by atoms with Gasteiger partial charge in [-0.05, 0) is 42.3 Å². The molecule has 6 heteroatoms. The lowest BCUT2D eigenvalue weighted by Gasteiger charge is -2.16. The maximum atomic E-state index is 13.8. The van der Waals surface area contributed by atoms with E-state index in [9.17, 15) is 4.39 Å². The average molecular weight is 345 g/mol. The molecule has 1 atom stereocenters. The standard InChI is InChI=1S/C15H15Cl2FN2S/c16-11-2-1-3-14(7-11)21-9-13(20-19)6-10-4-5-12(17)8-15(10)18/h1-5,7-8,13,20H,6,9,19H2. The van der Waals surface area contributed by atoms with Crippen molar-refractivity contribution in [1.29, 1.82) is 0 Å². The number of hydrazine groups is 1. The van der Waals surface area contributed by atoms with Gasteiger partial charge in [-0.1, -0.05) is 35.3 Å². The van der Waals surface area contributed by atoms with Crippen LogP contribution < -0.4 is 11.3 Å². The zero-order valence-electron chi connectivity index (χ0n) is 11.2. The molecule has 0 saturated carbocycles. The predicted octanol–water partition coefficient (Wildman–Crippen LogP) is 4.30. The van der Waals surface area contributed by atoms with Crippen LogP contribution in [-0.2, 0) is 6.42 Å². The highest BCUT2D eigenvalue weighted by Gasteiger charge is 2.12. The van der Waals surface area contributed by atoms with Gasteiger partial charge in [0.2, 0.25) is 0 Å². The monoisotopic (exact) mass is 344 g/mol. The van der Waals surface area contributed by atoms with E-state index in [1.807, 2.05) is 24.3 Å². The Morgan fingerprint density at radius 2 is 1.90 bits per heavy atom. The Hall–Kier alpha value is -0.780. The van der Waals surface area contributed by atoms with E-state index in [0.717, 1.165) is 4.90 Å². The maximum absolute atomic E-state index is 13.8. The van der Waals surface area contributed by atoms with Crippen LogP contribution in [0.25, 0.3) is 0 Å². The van der Waals surface area contributed by atoms with Crippen LogP contribution in [-0.4, -0.2) is 11.8 Å². The van der Waals surface area contributed by atoms with Gasteiger partial charge in [0, 0.05) is 26.7 Å². The molecule has 0 heterocycles. The lowest BCUT2D eigenvalue weighted by atomic mass is 10.1. The van der Waals surface area contributed by atoms with Crippen LogP contribution in [0.5, 0.6) is 0 Å². The second-order valence-electron chi connectivity index (χ2n) is 4.57. The van der Waals surface area contributed by atoms with Crippen molar-refractivity contribution in [2.24, 2.45) is 5.84 Å². The Kier molecular flexibility index (Phi) is 6.33. The Morgan fingerprint density at radius 1 is 1.14 bits per heavy atom. The molecule has 0 radical (unpaired) electrons. The zero-order valence-corrected chi connectivity index (χ0v) is 13.5. The molecule has 2 aromatic rings. The van der Waals surface area contributed by atoms with Crippen molar-refractivity contribution in [2.45, 2.75) is 17.4 Å². The topological polar surface area (TPSA) is 38.0 Å². The van der Waals surface area contributed by atoms with Crippen LogP contribution in [0.1, 0.15) is 5.56 Å². The molecule has 0 fully saturated rings. The van der Waals surface area contributed by atoms with Gasteiger partial charge in [-0.15, -0.1) is 11.8 Å². The SMILES string of the molecule is NNC(CSc1cccc(Cl)c1)Cc1ccc(Cl)cc1F. The average Bonchev–Trinajstić information content (AvgIpc) is 2.45. The normalized spacial score (nSPS) is 12.4. The van der Waals surface area contributed by atoms with Crippen LogP contribution in [0.3, 0.4) is 0 Å². The molecule has 0 aliphatic heterocycles. The number of nitrogens with two attached hydrogens (primary N) is 1. The van der Waals surface area contributed by atoms with Gasteiger partial charge < -0.3 is 0 Å². The number of halogens is 3. The quantitative estimate of drug-likeness (QED) is 0.466. The Bertz CT molecular complexity index is 610. The number of hydrogen-bond acceptors (Lipinski definition) is 3. The van der Waals surface area contributed by atoms with Crippen LogP contribution in [0.4, 0.5) is 4.39 Å². The molecule has 112 valence electrons. The maximum Gasteiger partial charge on any atom is 0.127 e. The van der Waals surface area contributed by atoms with E-state index in [0.29, 0.717) is 27.8 Å². The minimum Gasteiger partial charge on any atom is -0.271 e. The second kappa shape index (κ2) is 8.01. The highest BCUT2D eigenvalue weighted by atomic mass is 35.5. The van der Waals surface area contributed by atoms with Crippen molar-refractivity contribution in [3.63, 3.8) is 0 Å². The first-order chi connectivity index (χ1) is 10.1. The first-order valence-corrected chi connectivity index (χ1v) is 8.11. The van der Waals surface area contributed by atoms with E-state index in [4.69, 9.17) is 29.0 Å². The van der Waals surface area contributed by atoms with Gasteiger partial charge in [0.05, 0.1) is 0 Å². The third-order valence-corrected chi connectivity index (χ3v) is 4.59. The van der Waals surface area contributed by atoms with E-state index < -0.39 is 0 Å². The van der Waals surface area contributed by atoms with E-state index in [-0.39, 0.29) is 11.9 Å². The second-order valence-corrected chi connectivity index (χ2v) is 6.54. The predicted molar refractivity (Wildman–Crippen MR) is 88.4 cm³/mol. The Labute approximate surface area is 137 Å². The van der Waals surface area contributed by atoms with Crippen molar-refractivity contribution in [1.82, 2.24) is 5.43 Å². The summed E-state index contributed by atoms with van der Waals surface area (Å²) in [6, 6.07) is 12.2. The minimum atomic E-state index is -0.310. The molecule has 0 aliphatic rings. The molecule has 3 N–H and O–H groups in total. The molecule has 2 rings (SSSR count). The smallest absolute Gasteiger partial charge is 0.127 e. The van der Waals surface area contributed by atoms with E-state index >= 15 is 0 Å². The van der Waals surface area contributed by atoms with Crippen LogP contribution >= 0.6 is 35.0 Å². The van der Waals surface area contributed by atoms with Gasteiger partial charge >= 0.3 is 0 Å². The van der Waals surface area contributed by atoms with Crippen molar-refractivity contribution >= 4 is 35.0 Å². The van der Waals surface area contributed by atoms with E-state index in [2.05, 4.69) is 5.43 Å². The summed E-state index contributed by atoms with van der Waals surface area (Å²) in [5, 5.41) is 1.09. The first kappa shape index (κ1) is 16.6. The molecular weight excluding hydrogens is 330 g/mol. The first-order valence-electron chi connectivity index (χ1n) is 6.37. The summed E-state index contributed by atoms with van der Waals surface area (Å²) in [5.74, 6) is 5.95. The highest BCUT2D eigenvalue weighted by Crippen LogP contribution is 2.23. The van der Waals surface area contributed by atoms with Gasteiger partial charge in [0.1, 0.15) is 5.82 Å². The molecule has 0 amide bonds. The molecule has 0 spiro atoms. The van der Waals surface area contributed by atoms with Crippen LogP contribution in [0.15, 0.2) is 47.4 Å². The van der Waals surface area contributed by atoms with E-state index in [1.165, 1.54) is 6.07 Å². The summed E-state index contributed by atoms with van der Waals surface area (Å²) in [7, 11) is 0. The molecule has 1 unspecified atom stereocenters. The summed E-state index contributed by atoms with van der Waals surface area (Å²) < 4.78 is 13.8. The molecule has 0 bridgehead atoms. The van der Waals surface area contributed by atoms with Crippen molar-refractivity contribution < 1.29 is 4.39 Å². The molecule has 2 aromatic carbocycles. The fraction of sp³-hybridized carbons (Fsp3) is 0.200. The summed E-state index contributed by atoms with van der Waals surface area (Å²) in [4.78, 5) is 1.05. The molecule has 2 nitrogen and oxygen atoms in total. The third kappa shape index (κ3) is 5.16. The van der Waals surface area contributed by atoms with E-state index in [1.54, 1.807) is 23.9 Å². The number of nitrogens with one attached hydrogen (secondary N) is 1. The van der Waals surface area contributed by atoms with Gasteiger partial charge in [0.15, 0.2) is 0 Å². The van der Waals surface area contributed by atoms with Gasteiger partial charge in [-0.2, -0.15) is 0 Å².